The molecule has 5 nitrogen and oxygen atoms in total. The Balaban J connectivity index is 1.84. The Labute approximate surface area is 137 Å². The first-order valence-electron chi connectivity index (χ1n) is 8.01. The van der Waals surface area contributed by atoms with Gasteiger partial charge in [-0.1, -0.05) is 6.92 Å². The summed E-state index contributed by atoms with van der Waals surface area (Å²) in [7, 11) is 1.67. The summed E-state index contributed by atoms with van der Waals surface area (Å²) >= 11 is 1.66. The Morgan fingerprint density at radius 1 is 1.59 bits per heavy atom. The van der Waals surface area contributed by atoms with E-state index < -0.39 is 0 Å². The molecule has 0 radical (unpaired) electrons. The average Bonchev–Trinajstić information content (AvgIpc) is 3.19. The number of carbonyl (C=O) groups excluding carboxylic acids is 1. The van der Waals surface area contributed by atoms with Crippen molar-refractivity contribution in [2.75, 3.05) is 39.9 Å². The standard InChI is InChI=1S/C16H27N3O2S/c1-3-18-7-4-5-15(18)11-17-16(20)19(8-9-21-2)12-14-6-10-22-13-14/h6,10,13,15H,3-5,7-9,11-12H2,1-2H3,(H,17,20). The van der Waals surface area contributed by atoms with Crippen LogP contribution in [0.25, 0.3) is 0 Å². The fraction of sp³-hybridized carbons (Fsp3) is 0.688. The molecule has 2 rings (SSSR count). The largest absolute Gasteiger partial charge is 0.383 e. The van der Waals surface area contributed by atoms with Gasteiger partial charge < -0.3 is 15.0 Å². The fourth-order valence-electron chi connectivity index (χ4n) is 2.92. The molecule has 1 N–H and O–H groups in total. The highest BCUT2D eigenvalue weighted by atomic mass is 32.1. The van der Waals surface area contributed by atoms with Crippen molar-refractivity contribution in [2.24, 2.45) is 0 Å². The third-order valence-corrected chi connectivity index (χ3v) is 4.93. The van der Waals surface area contributed by atoms with Crippen molar-refractivity contribution in [3.8, 4) is 0 Å². The molecule has 1 aliphatic heterocycles. The minimum atomic E-state index is 0.00574. The minimum Gasteiger partial charge on any atom is -0.383 e. The van der Waals surface area contributed by atoms with Crippen LogP contribution >= 0.6 is 11.3 Å². The summed E-state index contributed by atoms with van der Waals surface area (Å²) < 4.78 is 5.13. The Morgan fingerprint density at radius 3 is 3.14 bits per heavy atom. The van der Waals surface area contributed by atoms with E-state index in [0.29, 0.717) is 25.7 Å². The van der Waals surface area contributed by atoms with Gasteiger partial charge in [0.25, 0.3) is 0 Å². The van der Waals surface area contributed by atoms with Crippen molar-refractivity contribution in [1.29, 1.82) is 0 Å². The maximum atomic E-state index is 12.5. The van der Waals surface area contributed by atoms with Crippen LogP contribution in [-0.4, -0.2) is 61.8 Å². The summed E-state index contributed by atoms with van der Waals surface area (Å²) in [5, 5.41) is 7.23. The summed E-state index contributed by atoms with van der Waals surface area (Å²) in [5.41, 5.74) is 1.17. The van der Waals surface area contributed by atoms with Gasteiger partial charge in [-0.15, -0.1) is 0 Å². The molecule has 1 saturated heterocycles. The molecule has 0 spiro atoms. The molecule has 22 heavy (non-hydrogen) atoms. The number of hydrogen-bond donors (Lipinski definition) is 1. The molecule has 2 amide bonds. The zero-order chi connectivity index (χ0) is 15.8. The number of rotatable bonds is 8. The molecular formula is C16H27N3O2S. The van der Waals surface area contributed by atoms with Gasteiger partial charge in [0.15, 0.2) is 0 Å². The van der Waals surface area contributed by atoms with E-state index in [1.54, 1.807) is 18.4 Å². The van der Waals surface area contributed by atoms with Crippen LogP contribution < -0.4 is 5.32 Å². The van der Waals surface area contributed by atoms with Crippen LogP contribution in [0.5, 0.6) is 0 Å². The number of urea groups is 1. The fourth-order valence-corrected chi connectivity index (χ4v) is 3.58. The van der Waals surface area contributed by atoms with Crippen molar-refractivity contribution >= 4 is 17.4 Å². The van der Waals surface area contributed by atoms with Gasteiger partial charge in [-0.25, -0.2) is 4.79 Å². The zero-order valence-electron chi connectivity index (χ0n) is 13.6. The highest BCUT2D eigenvalue weighted by Gasteiger charge is 2.24. The first-order chi connectivity index (χ1) is 10.7. The number of likely N-dealkylation sites (tertiary alicyclic amines) is 1. The number of likely N-dealkylation sites (N-methyl/N-ethyl adjacent to an activating group) is 1. The molecule has 1 aromatic rings. The third-order valence-electron chi connectivity index (χ3n) is 4.20. The molecular weight excluding hydrogens is 298 g/mol. The number of amides is 2. The quantitative estimate of drug-likeness (QED) is 0.798. The lowest BCUT2D eigenvalue weighted by atomic mass is 10.2. The number of nitrogens with one attached hydrogen (secondary N) is 1. The highest BCUT2D eigenvalue weighted by Crippen LogP contribution is 2.16. The maximum absolute atomic E-state index is 12.5. The van der Waals surface area contributed by atoms with Gasteiger partial charge in [0.1, 0.15) is 0 Å². The molecule has 0 aliphatic carbocycles. The van der Waals surface area contributed by atoms with Gasteiger partial charge in [-0.3, -0.25) is 4.90 Å². The average molecular weight is 325 g/mol. The van der Waals surface area contributed by atoms with Crippen molar-refractivity contribution in [3.63, 3.8) is 0 Å². The Bertz CT molecular complexity index is 439. The highest BCUT2D eigenvalue weighted by molar-refractivity contribution is 7.07. The lowest BCUT2D eigenvalue weighted by Crippen LogP contribution is -2.46. The van der Waals surface area contributed by atoms with E-state index in [1.807, 2.05) is 10.3 Å². The van der Waals surface area contributed by atoms with Gasteiger partial charge in [0.2, 0.25) is 0 Å². The van der Waals surface area contributed by atoms with Crippen molar-refractivity contribution < 1.29 is 9.53 Å². The van der Waals surface area contributed by atoms with Gasteiger partial charge in [-0.2, -0.15) is 11.3 Å². The van der Waals surface area contributed by atoms with E-state index in [-0.39, 0.29) is 6.03 Å². The monoisotopic (exact) mass is 325 g/mol. The summed E-state index contributed by atoms with van der Waals surface area (Å²) in [4.78, 5) is 16.7. The van der Waals surface area contributed by atoms with Crippen LogP contribution in [0.15, 0.2) is 16.8 Å². The molecule has 1 aliphatic rings. The number of carbonyl (C=O) groups is 1. The van der Waals surface area contributed by atoms with Gasteiger partial charge in [0.05, 0.1) is 6.61 Å². The number of thiophene rings is 1. The smallest absolute Gasteiger partial charge is 0.317 e. The normalized spacial score (nSPS) is 18.5. The Kier molecular flexibility index (Phi) is 7.15. The SMILES string of the molecule is CCN1CCCC1CNC(=O)N(CCOC)Cc1ccsc1. The summed E-state index contributed by atoms with van der Waals surface area (Å²) in [5.74, 6) is 0. The predicted molar refractivity (Wildman–Crippen MR) is 90.3 cm³/mol. The van der Waals surface area contributed by atoms with E-state index in [4.69, 9.17) is 4.74 Å². The molecule has 0 bridgehead atoms. The van der Waals surface area contributed by atoms with E-state index in [1.165, 1.54) is 18.4 Å². The first kappa shape index (κ1) is 17.2. The predicted octanol–water partition coefficient (Wildman–Crippen LogP) is 2.39. The first-order valence-corrected chi connectivity index (χ1v) is 8.95. The van der Waals surface area contributed by atoms with Crippen molar-refractivity contribution in [1.82, 2.24) is 15.1 Å². The zero-order valence-corrected chi connectivity index (χ0v) is 14.4. The summed E-state index contributed by atoms with van der Waals surface area (Å²) in [6.07, 6.45) is 2.41. The van der Waals surface area contributed by atoms with Crippen LogP contribution in [0.3, 0.4) is 0 Å². The molecule has 1 atom stereocenters. The van der Waals surface area contributed by atoms with E-state index in [0.717, 1.165) is 19.6 Å². The van der Waals surface area contributed by atoms with E-state index in [2.05, 4.69) is 28.6 Å². The number of ether oxygens (including phenoxy) is 1. The third kappa shape index (κ3) is 4.97. The van der Waals surface area contributed by atoms with Crippen LogP contribution in [0.2, 0.25) is 0 Å². The van der Waals surface area contributed by atoms with E-state index in [9.17, 15) is 4.79 Å². The van der Waals surface area contributed by atoms with E-state index >= 15 is 0 Å². The molecule has 124 valence electrons. The van der Waals surface area contributed by atoms with Crippen molar-refractivity contribution in [2.45, 2.75) is 32.4 Å². The van der Waals surface area contributed by atoms with Gasteiger partial charge >= 0.3 is 6.03 Å². The van der Waals surface area contributed by atoms with Gasteiger partial charge in [0, 0.05) is 32.8 Å². The second kappa shape index (κ2) is 9.12. The van der Waals surface area contributed by atoms with Crippen LogP contribution in [0.4, 0.5) is 4.79 Å². The molecule has 0 saturated carbocycles. The number of nitrogens with zero attached hydrogens (tertiary/aromatic N) is 2. The molecule has 1 aromatic heterocycles. The maximum Gasteiger partial charge on any atom is 0.317 e. The lowest BCUT2D eigenvalue weighted by Gasteiger charge is -2.26. The molecule has 1 fully saturated rings. The summed E-state index contributed by atoms with van der Waals surface area (Å²) in [6, 6.07) is 2.55. The van der Waals surface area contributed by atoms with Crippen LogP contribution in [0.1, 0.15) is 25.3 Å². The van der Waals surface area contributed by atoms with Crippen molar-refractivity contribution in [3.05, 3.63) is 22.4 Å². The second-order valence-electron chi connectivity index (χ2n) is 5.66. The lowest BCUT2D eigenvalue weighted by molar-refractivity contribution is 0.144. The number of methoxy groups -OCH3 is 1. The minimum absolute atomic E-state index is 0.00574. The van der Waals surface area contributed by atoms with Crippen LogP contribution in [0, 0.1) is 0 Å². The summed E-state index contributed by atoms with van der Waals surface area (Å²) in [6.45, 7) is 6.94. The molecule has 6 heteroatoms. The Hall–Kier alpha value is -1.11. The Morgan fingerprint density at radius 2 is 2.45 bits per heavy atom. The van der Waals surface area contributed by atoms with Crippen LogP contribution in [-0.2, 0) is 11.3 Å². The topological polar surface area (TPSA) is 44.8 Å². The number of hydrogen-bond acceptors (Lipinski definition) is 4. The second-order valence-corrected chi connectivity index (χ2v) is 6.44. The molecule has 2 heterocycles. The molecule has 0 aromatic carbocycles. The molecule has 1 unspecified atom stereocenters. The van der Waals surface area contributed by atoms with Gasteiger partial charge in [-0.05, 0) is 48.3 Å².